The summed E-state index contributed by atoms with van der Waals surface area (Å²) in [5, 5.41) is 4.69. The van der Waals surface area contributed by atoms with Gasteiger partial charge in [-0.25, -0.2) is 17.7 Å². The van der Waals surface area contributed by atoms with Crippen LogP contribution < -0.4 is 14.4 Å². The van der Waals surface area contributed by atoms with Crippen molar-refractivity contribution < 1.29 is 17.9 Å². The summed E-state index contributed by atoms with van der Waals surface area (Å²) in [7, 11) is -2.31. The fourth-order valence-corrected chi connectivity index (χ4v) is 5.01. The predicted octanol–water partition coefficient (Wildman–Crippen LogP) is 2.71. The number of para-hydroxylation sites is 1. The summed E-state index contributed by atoms with van der Waals surface area (Å²) in [6.45, 7) is 0.00691. The third kappa shape index (κ3) is 5.12. The van der Waals surface area contributed by atoms with Gasteiger partial charge in [-0.05, 0) is 30.2 Å². The normalized spacial score (nSPS) is 11.1. The Morgan fingerprint density at radius 1 is 1.14 bits per heavy atom. The largest absolute Gasteiger partial charge is 0.496 e. The molecule has 0 aliphatic rings. The maximum Gasteiger partial charge on any atom is 0.266 e. The lowest BCUT2D eigenvalue weighted by Gasteiger charge is -2.21. The molecule has 0 spiro atoms. The Hall–Kier alpha value is -2.91. The maximum atomic E-state index is 13.0. The van der Waals surface area contributed by atoms with Crippen LogP contribution in [0.25, 0.3) is 0 Å². The first-order valence-electron chi connectivity index (χ1n) is 8.88. The molecule has 7 nitrogen and oxygen atoms in total. The first-order valence-corrected chi connectivity index (χ1v) is 11.2. The van der Waals surface area contributed by atoms with E-state index >= 15 is 0 Å². The van der Waals surface area contributed by atoms with E-state index in [9.17, 15) is 13.2 Å². The fourth-order valence-electron chi connectivity index (χ4n) is 2.75. The molecule has 3 aromatic rings. The molecule has 0 saturated carbocycles. The first kappa shape index (κ1) is 20.8. The maximum absolute atomic E-state index is 13.0. The Bertz CT molecular complexity index is 1040. The van der Waals surface area contributed by atoms with Gasteiger partial charge in [0.15, 0.2) is 5.13 Å². The van der Waals surface area contributed by atoms with Crippen LogP contribution in [0.5, 0.6) is 5.75 Å². The highest BCUT2D eigenvalue weighted by Crippen LogP contribution is 2.25. The van der Waals surface area contributed by atoms with Gasteiger partial charge in [0.1, 0.15) is 12.3 Å². The van der Waals surface area contributed by atoms with E-state index in [1.54, 1.807) is 30.7 Å². The molecule has 0 aliphatic heterocycles. The van der Waals surface area contributed by atoms with Gasteiger partial charge in [-0.15, -0.1) is 11.3 Å². The second-order valence-electron chi connectivity index (χ2n) is 6.05. The Kier molecular flexibility index (Phi) is 6.84. The number of methoxy groups -OCH3 is 1. The Morgan fingerprint density at radius 2 is 1.86 bits per heavy atom. The Labute approximate surface area is 174 Å². The molecule has 0 aliphatic carbocycles. The number of nitrogens with zero attached hydrogens (tertiary/aromatic N) is 2. The van der Waals surface area contributed by atoms with Gasteiger partial charge < -0.3 is 10.1 Å². The van der Waals surface area contributed by atoms with Crippen LogP contribution in [0.4, 0.5) is 5.13 Å². The Balaban J connectivity index is 1.69. The van der Waals surface area contributed by atoms with E-state index in [1.165, 1.54) is 18.3 Å². The number of thiazole rings is 1. The average molecular weight is 432 g/mol. The van der Waals surface area contributed by atoms with E-state index in [-0.39, 0.29) is 16.6 Å². The standard InChI is InChI=1S/C20H21N3O4S2/c1-27-18-10-6-5-7-16(18)11-12-21-19(24)15-23(20-22-13-14-28-20)29(25,26)17-8-3-2-4-9-17/h2-10,13-14H,11-12,15H2,1H3,(H,21,24). The SMILES string of the molecule is COc1ccccc1CCNC(=O)CN(c1nccs1)S(=O)(=O)c1ccccc1. The topological polar surface area (TPSA) is 88.6 Å². The number of ether oxygens (including phenoxy) is 1. The molecule has 1 heterocycles. The molecule has 29 heavy (non-hydrogen) atoms. The molecular weight excluding hydrogens is 410 g/mol. The van der Waals surface area contributed by atoms with Gasteiger partial charge in [0, 0.05) is 18.1 Å². The fraction of sp³-hybridized carbons (Fsp3) is 0.200. The number of carbonyl (C=O) groups is 1. The second-order valence-corrected chi connectivity index (χ2v) is 8.79. The number of hydrogen-bond acceptors (Lipinski definition) is 6. The van der Waals surface area contributed by atoms with E-state index in [4.69, 9.17) is 4.74 Å². The number of anilines is 1. The third-order valence-electron chi connectivity index (χ3n) is 4.16. The highest BCUT2D eigenvalue weighted by molar-refractivity contribution is 7.93. The molecule has 0 atom stereocenters. The molecule has 9 heteroatoms. The minimum atomic E-state index is -3.91. The number of sulfonamides is 1. The second kappa shape index (κ2) is 9.53. The van der Waals surface area contributed by atoms with E-state index < -0.39 is 15.9 Å². The zero-order valence-electron chi connectivity index (χ0n) is 15.8. The van der Waals surface area contributed by atoms with Crippen LogP contribution in [0, 0.1) is 0 Å². The summed E-state index contributed by atoms with van der Waals surface area (Å²) in [6, 6.07) is 15.6. The molecule has 0 fully saturated rings. The van der Waals surface area contributed by atoms with Crippen molar-refractivity contribution in [3.05, 3.63) is 71.7 Å². The summed E-state index contributed by atoms with van der Waals surface area (Å²) < 4.78 is 32.4. The summed E-state index contributed by atoms with van der Waals surface area (Å²) in [5.74, 6) is 0.340. The number of aromatic nitrogens is 1. The van der Waals surface area contributed by atoms with Gasteiger partial charge in [0.25, 0.3) is 10.0 Å². The van der Waals surface area contributed by atoms with E-state index in [1.807, 2.05) is 24.3 Å². The van der Waals surface area contributed by atoms with Crippen molar-refractivity contribution in [2.45, 2.75) is 11.3 Å². The van der Waals surface area contributed by atoms with Crippen LogP contribution in [0.3, 0.4) is 0 Å². The Morgan fingerprint density at radius 3 is 2.55 bits per heavy atom. The van der Waals surface area contributed by atoms with Crippen molar-refractivity contribution in [1.82, 2.24) is 10.3 Å². The van der Waals surface area contributed by atoms with Crippen molar-refractivity contribution in [3.8, 4) is 5.75 Å². The molecule has 0 radical (unpaired) electrons. The summed E-state index contributed by atoms with van der Waals surface area (Å²) in [4.78, 5) is 16.7. The molecular formula is C20H21N3O4S2. The number of nitrogens with one attached hydrogen (secondary N) is 1. The van der Waals surface area contributed by atoms with Gasteiger partial charge in [-0.1, -0.05) is 36.4 Å². The van der Waals surface area contributed by atoms with Crippen molar-refractivity contribution in [2.24, 2.45) is 0 Å². The van der Waals surface area contributed by atoms with E-state index in [0.29, 0.717) is 13.0 Å². The van der Waals surface area contributed by atoms with Crippen molar-refractivity contribution >= 4 is 32.4 Å². The average Bonchev–Trinajstić information content (AvgIpc) is 3.27. The van der Waals surface area contributed by atoms with Crippen LogP contribution in [-0.4, -0.2) is 39.5 Å². The van der Waals surface area contributed by atoms with Gasteiger partial charge in [0.2, 0.25) is 5.91 Å². The van der Waals surface area contributed by atoms with Crippen LogP contribution in [0.1, 0.15) is 5.56 Å². The number of hydrogen-bond donors (Lipinski definition) is 1. The lowest BCUT2D eigenvalue weighted by atomic mass is 10.1. The van der Waals surface area contributed by atoms with Crippen molar-refractivity contribution in [1.29, 1.82) is 0 Å². The summed E-state index contributed by atoms with van der Waals surface area (Å²) in [5.41, 5.74) is 0.962. The third-order valence-corrected chi connectivity index (χ3v) is 6.82. The molecule has 2 aromatic carbocycles. The van der Waals surface area contributed by atoms with Gasteiger partial charge in [-0.3, -0.25) is 4.79 Å². The lowest BCUT2D eigenvalue weighted by Crippen LogP contribution is -2.41. The molecule has 0 saturated heterocycles. The summed E-state index contributed by atoms with van der Waals surface area (Å²) in [6.07, 6.45) is 2.07. The predicted molar refractivity (Wildman–Crippen MR) is 113 cm³/mol. The minimum Gasteiger partial charge on any atom is -0.496 e. The smallest absolute Gasteiger partial charge is 0.266 e. The lowest BCUT2D eigenvalue weighted by molar-refractivity contribution is -0.119. The number of benzene rings is 2. The molecule has 152 valence electrons. The van der Waals surface area contributed by atoms with Crippen LogP contribution >= 0.6 is 11.3 Å². The molecule has 0 bridgehead atoms. The molecule has 1 N–H and O–H groups in total. The zero-order valence-corrected chi connectivity index (χ0v) is 17.4. The molecule has 1 aromatic heterocycles. The minimum absolute atomic E-state index is 0.108. The number of amides is 1. The number of carbonyl (C=O) groups excluding carboxylic acids is 1. The van der Waals surface area contributed by atoms with E-state index in [2.05, 4.69) is 10.3 Å². The molecule has 3 rings (SSSR count). The first-order chi connectivity index (χ1) is 14.0. The zero-order chi connectivity index (χ0) is 20.7. The van der Waals surface area contributed by atoms with Gasteiger partial charge >= 0.3 is 0 Å². The monoisotopic (exact) mass is 431 g/mol. The quantitative estimate of drug-likeness (QED) is 0.563. The molecule has 1 amide bonds. The van der Waals surface area contributed by atoms with Crippen LogP contribution in [0.15, 0.2) is 71.1 Å². The van der Waals surface area contributed by atoms with Crippen molar-refractivity contribution in [3.63, 3.8) is 0 Å². The molecule has 0 unspecified atom stereocenters. The highest BCUT2D eigenvalue weighted by atomic mass is 32.2. The number of rotatable bonds is 9. The van der Waals surface area contributed by atoms with Gasteiger partial charge in [0.05, 0.1) is 12.0 Å². The van der Waals surface area contributed by atoms with Crippen LogP contribution in [-0.2, 0) is 21.2 Å². The van der Waals surface area contributed by atoms with Gasteiger partial charge in [-0.2, -0.15) is 0 Å². The summed E-state index contributed by atoms with van der Waals surface area (Å²) >= 11 is 1.16. The van der Waals surface area contributed by atoms with Crippen molar-refractivity contribution in [2.75, 3.05) is 24.5 Å². The highest BCUT2D eigenvalue weighted by Gasteiger charge is 2.28. The van der Waals surface area contributed by atoms with E-state index in [0.717, 1.165) is 27.0 Å². The van der Waals surface area contributed by atoms with Crippen LogP contribution in [0.2, 0.25) is 0 Å².